The summed E-state index contributed by atoms with van der Waals surface area (Å²) in [6.45, 7) is 0. The average Bonchev–Trinajstić information content (AvgIpc) is 3.89. The van der Waals surface area contributed by atoms with Gasteiger partial charge in [0.05, 0.1) is 17.6 Å². The minimum atomic E-state index is 0.103. The Morgan fingerprint density at radius 1 is 0.541 bits per heavy atom. The van der Waals surface area contributed by atoms with E-state index in [1.54, 1.807) is 0 Å². The highest BCUT2D eigenvalue weighted by molar-refractivity contribution is 7.26. The van der Waals surface area contributed by atoms with Crippen LogP contribution in [0.5, 0.6) is 0 Å². The van der Waals surface area contributed by atoms with E-state index in [1.807, 2.05) is 11.3 Å². The first-order valence-electron chi connectivity index (χ1n) is 22.0. The van der Waals surface area contributed by atoms with Crippen LogP contribution >= 0.6 is 11.3 Å². The molecule has 2 unspecified atom stereocenters. The van der Waals surface area contributed by atoms with E-state index in [0.29, 0.717) is 5.92 Å². The first-order valence-corrected chi connectivity index (χ1v) is 22.9. The Kier molecular flexibility index (Phi) is 8.96. The van der Waals surface area contributed by atoms with Gasteiger partial charge in [-0.15, -0.1) is 11.3 Å². The third-order valence-electron chi connectivity index (χ3n) is 13.6. The van der Waals surface area contributed by atoms with Gasteiger partial charge in [-0.1, -0.05) is 171 Å². The predicted octanol–water partition coefficient (Wildman–Crippen LogP) is 16.5. The Morgan fingerprint density at radius 2 is 1.23 bits per heavy atom. The molecule has 2 heterocycles. The highest BCUT2D eigenvalue weighted by Gasteiger charge is 2.43. The molecule has 2 aliphatic carbocycles. The number of thiophene rings is 1. The van der Waals surface area contributed by atoms with Crippen molar-refractivity contribution in [2.45, 2.75) is 50.0 Å². The number of anilines is 4. The summed E-state index contributed by atoms with van der Waals surface area (Å²) in [4.78, 5) is 5.14. The van der Waals surface area contributed by atoms with Crippen LogP contribution in [-0.4, -0.2) is 6.04 Å². The summed E-state index contributed by atoms with van der Waals surface area (Å²) in [6, 6.07) is 68.2. The van der Waals surface area contributed by atoms with Gasteiger partial charge in [0.25, 0.3) is 0 Å². The average molecular weight is 803 g/mol. The summed E-state index contributed by atoms with van der Waals surface area (Å²) in [6.07, 6.45) is 13.6. The van der Waals surface area contributed by atoms with E-state index in [2.05, 4.69) is 210 Å². The number of fused-ring (bicyclic) bond motifs is 7. The van der Waals surface area contributed by atoms with Crippen molar-refractivity contribution in [3.05, 3.63) is 217 Å². The van der Waals surface area contributed by atoms with Gasteiger partial charge in [0.1, 0.15) is 0 Å². The van der Waals surface area contributed by atoms with E-state index in [1.165, 1.54) is 119 Å². The van der Waals surface area contributed by atoms with Crippen molar-refractivity contribution in [3.8, 4) is 22.3 Å². The molecular weight excluding hydrogens is 757 g/mol. The summed E-state index contributed by atoms with van der Waals surface area (Å²) < 4.78 is 2.67. The van der Waals surface area contributed by atoms with E-state index in [-0.39, 0.29) is 12.0 Å². The van der Waals surface area contributed by atoms with Crippen LogP contribution in [0, 0.1) is 0 Å². The Bertz CT molecular complexity index is 3140. The van der Waals surface area contributed by atoms with Crippen LogP contribution in [-0.2, 0) is 0 Å². The fourth-order valence-electron chi connectivity index (χ4n) is 10.9. The summed E-state index contributed by atoms with van der Waals surface area (Å²) >= 11 is 1.90. The van der Waals surface area contributed by atoms with Crippen molar-refractivity contribution in [1.82, 2.24) is 0 Å². The zero-order chi connectivity index (χ0) is 40.3. The Hall–Kier alpha value is -6.68. The zero-order valence-corrected chi connectivity index (χ0v) is 34.9. The van der Waals surface area contributed by atoms with Crippen LogP contribution in [0.2, 0.25) is 0 Å². The van der Waals surface area contributed by atoms with E-state index >= 15 is 0 Å². The van der Waals surface area contributed by atoms with Crippen molar-refractivity contribution >= 4 is 65.0 Å². The molecular formula is C58H46N2S. The maximum atomic E-state index is 2.59. The second kappa shape index (κ2) is 15.1. The molecule has 0 amide bonds. The van der Waals surface area contributed by atoms with Crippen LogP contribution in [0.15, 0.2) is 206 Å². The van der Waals surface area contributed by atoms with Gasteiger partial charge in [0.2, 0.25) is 0 Å². The Labute approximate surface area is 362 Å². The van der Waals surface area contributed by atoms with Gasteiger partial charge >= 0.3 is 0 Å². The minimum absolute atomic E-state index is 0.103. The van der Waals surface area contributed by atoms with Crippen molar-refractivity contribution in [2.75, 3.05) is 9.80 Å². The summed E-state index contributed by atoms with van der Waals surface area (Å²) in [5.41, 5.74) is 14.1. The van der Waals surface area contributed by atoms with E-state index in [0.717, 1.165) is 5.69 Å². The topological polar surface area (TPSA) is 6.48 Å². The number of para-hydroxylation sites is 3. The Morgan fingerprint density at radius 3 is 2.11 bits per heavy atom. The molecule has 0 N–H and O–H groups in total. The van der Waals surface area contributed by atoms with Gasteiger partial charge in [-0.05, 0) is 106 Å². The number of benzene rings is 8. The molecule has 12 rings (SSSR count). The van der Waals surface area contributed by atoms with Crippen LogP contribution < -0.4 is 9.80 Å². The standard InChI is InChI=1S/C58H46N2S/c1-3-17-39(18-4-1)44-26-13-19-41-20-14-28-48(56(41)44)46-23-7-10-30-51(46)60(43-37-35-40(36-38-43)45-27-15-29-49-47-24-9-12-34-55(47)61-58(45)49)54-33-16-32-53-57(54)50-25-8-11-31-52(50)59(53)42-21-5-2-6-22-42/h2,5-16,19-39,53,57H,1,3-4,17-18H2. The van der Waals surface area contributed by atoms with Crippen LogP contribution in [0.25, 0.3) is 53.2 Å². The van der Waals surface area contributed by atoms with Gasteiger partial charge in [-0.2, -0.15) is 0 Å². The number of rotatable bonds is 7. The lowest BCUT2D eigenvalue weighted by atomic mass is 9.80. The first kappa shape index (κ1) is 36.2. The molecule has 1 saturated carbocycles. The van der Waals surface area contributed by atoms with Crippen molar-refractivity contribution in [1.29, 1.82) is 0 Å². The van der Waals surface area contributed by atoms with Crippen LogP contribution in [0.3, 0.4) is 0 Å². The van der Waals surface area contributed by atoms with E-state index in [4.69, 9.17) is 0 Å². The van der Waals surface area contributed by atoms with Crippen LogP contribution in [0.1, 0.15) is 55.1 Å². The Balaban J connectivity index is 1.05. The van der Waals surface area contributed by atoms with Crippen molar-refractivity contribution in [3.63, 3.8) is 0 Å². The summed E-state index contributed by atoms with van der Waals surface area (Å²) in [5, 5.41) is 5.39. The first-order chi connectivity index (χ1) is 30.3. The normalized spacial score (nSPS) is 17.4. The highest BCUT2D eigenvalue weighted by Crippen LogP contribution is 2.54. The predicted molar refractivity (Wildman–Crippen MR) is 261 cm³/mol. The summed E-state index contributed by atoms with van der Waals surface area (Å²) in [5.74, 6) is 0.692. The second-order valence-corrected chi connectivity index (χ2v) is 18.0. The highest BCUT2D eigenvalue weighted by atomic mass is 32.1. The SMILES string of the molecule is C1=CC2C(C(N(c3ccc(-c4cccc5c4sc4ccccc45)cc3)c3ccccc3-c3cccc4cccc(C5CCCCC5)c34)=C1)c1ccccc1N2c1ccccc1. The smallest absolute Gasteiger partial charge is 0.0650 e. The number of allylic oxidation sites excluding steroid dienone is 2. The molecule has 1 fully saturated rings. The number of hydrogen-bond acceptors (Lipinski definition) is 3. The molecule has 0 spiro atoms. The van der Waals surface area contributed by atoms with Crippen molar-refractivity contribution < 1.29 is 0 Å². The molecule has 3 heteroatoms. The molecule has 2 nitrogen and oxygen atoms in total. The maximum absolute atomic E-state index is 2.59. The van der Waals surface area contributed by atoms with Gasteiger partial charge in [0.15, 0.2) is 0 Å². The lowest BCUT2D eigenvalue weighted by Crippen LogP contribution is -2.34. The van der Waals surface area contributed by atoms with Gasteiger partial charge in [-0.25, -0.2) is 0 Å². The molecule has 0 bridgehead atoms. The lowest BCUT2D eigenvalue weighted by Gasteiger charge is -2.38. The van der Waals surface area contributed by atoms with Gasteiger partial charge in [-0.3, -0.25) is 0 Å². The second-order valence-electron chi connectivity index (χ2n) is 17.0. The molecule has 0 radical (unpaired) electrons. The van der Waals surface area contributed by atoms with E-state index < -0.39 is 0 Å². The molecule has 3 aliphatic rings. The van der Waals surface area contributed by atoms with Gasteiger partial charge in [0, 0.05) is 48.5 Å². The molecule has 2 atom stereocenters. The molecule has 1 aliphatic heterocycles. The van der Waals surface area contributed by atoms with E-state index in [9.17, 15) is 0 Å². The molecule has 61 heavy (non-hydrogen) atoms. The third kappa shape index (κ3) is 6.05. The largest absolute Gasteiger partial charge is 0.333 e. The van der Waals surface area contributed by atoms with Gasteiger partial charge < -0.3 is 9.80 Å². The monoisotopic (exact) mass is 802 g/mol. The minimum Gasteiger partial charge on any atom is -0.333 e. The fourth-order valence-corrected chi connectivity index (χ4v) is 12.2. The number of hydrogen-bond donors (Lipinski definition) is 0. The fraction of sp³-hybridized carbons (Fsp3) is 0.138. The molecule has 1 aromatic heterocycles. The quantitative estimate of drug-likeness (QED) is 0.158. The molecule has 8 aromatic carbocycles. The lowest BCUT2D eigenvalue weighted by molar-refractivity contribution is 0.445. The number of nitrogens with zero attached hydrogens (tertiary/aromatic N) is 2. The maximum Gasteiger partial charge on any atom is 0.0650 e. The zero-order valence-electron chi connectivity index (χ0n) is 34.1. The summed E-state index contributed by atoms with van der Waals surface area (Å²) in [7, 11) is 0. The molecule has 294 valence electrons. The third-order valence-corrected chi connectivity index (χ3v) is 14.8. The van der Waals surface area contributed by atoms with Crippen LogP contribution in [0.4, 0.5) is 22.7 Å². The molecule has 9 aromatic rings. The van der Waals surface area contributed by atoms with Crippen molar-refractivity contribution in [2.24, 2.45) is 0 Å². The molecule has 0 saturated heterocycles.